The van der Waals surface area contributed by atoms with Gasteiger partial charge in [-0.2, -0.15) is 0 Å². The van der Waals surface area contributed by atoms with Gasteiger partial charge in [0.2, 0.25) is 5.91 Å². The van der Waals surface area contributed by atoms with Crippen LogP contribution < -0.4 is 11.1 Å². The van der Waals surface area contributed by atoms with Crippen molar-refractivity contribution in [1.82, 2.24) is 0 Å². The van der Waals surface area contributed by atoms with E-state index in [1.165, 1.54) is 0 Å². The molecular weight excluding hydrogens is 200 g/mol. The number of benzene rings is 1. The van der Waals surface area contributed by atoms with Crippen molar-refractivity contribution in [2.45, 2.75) is 20.8 Å². The Bertz CT molecular complexity index is 447. The van der Waals surface area contributed by atoms with Gasteiger partial charge in [-0.05, 0) is 24.1 Å². The Kier molecular flexibility index (Phi) is 3.57. The van der Waals surface area contributed by atoms with E-state index < -0.39 is 5.41 Å². The molecule has 0 fully saturated rings. The van der Waals surface area contributed by atoms with Crippen LogP contribution >= 0.6 is 0 Å². The fourth-order valence-corrected chi connectivity index (χ4v) is 1.08. The maximum absolute atomic E-state index is 11.7. The minimum absolute atomic E-state index is 0.0228. The van der Waals surface area contributed by atoms with Crippen molar-refractivity contribution in [3.8, 4) is 12.0 Å². The molecule has 3 N–H and O–H groups in total. The van der Waals surface area contributed by atoms with E-state index in [1.54, 1.807) is 6.07 Å². The van der Waals surface area contributed by atoms with E-state index in [4.69, 9.17) is 5.73 Å². The fraction of sp³-hybridized carbons (Fsp3) is 0.308. The minimum atomic E-state index is -0.407. The zero-order chi connectivity index (χ0) is 12.2. The van der Waals surface area contributed by atoms with Crippen LogP contribution in [0.4, 0.5) is 5.69 Å². The third-order valence-corrected chi connectivity index (χ3v) is 2.02. The number of nitrogens with two attached hydrogens (primary N) is 1. The van der Waals surface area contributed by atoms with Gasteiger partial charge in [-0.3, -0.25) is 4.79 Å². The van der Waals surface area contributed by atoms with Crippen molar-refractivity contribution in [2.75, 3.05) is 5.32 Å². The highest BCUT2D eigenvalue weighted by Crippen LogP contribution is 2.17. The number of hydrogen-bond donors (Lipinski definition) is 2. The third-order valence-electron chi connectivity index (χ3n) is 2.02. The van der Waals surface area contributed by atoms with Crippen LogP contribution in [0.15, 0.2) is 24.3 Å². The molecule has 84 valence electrons. The zero-order valence-electron chi connectivity index (χ0n) is 9.79. The van der Waals surface area contributed by atoms with Crippen molar-refractivity contribution in [3.05, 3.63) is 29.8 Å². The van der Waals surface area contributed by atoms with Crippen LogP contribution in [0.3, 0.4) is 0 Å². The summed E-state index contributed by atoms with van der Waals surface area (Å²) < 4.78 is 0. The summed E-state index contributed by atoms with van der Waals surface area (Å²) >= 11 is 0. The molecule has 16 heavy (non-hydrogen) atoms. The average molecular weight is 216 g/mol. The molecule has 0 bridgehead atoms. The van der Waals surface area contributed by atoms with Crippen molar-refractivity contribution < 1.29 is 4.79 Å². The van der Waals surface area contributed by atoms with Crippen molar-refractivity contribution in [2.24, 2.45) is 11.1 Å². The largest absolute Gasteiger partial charge is 0.359 e. The van der Waals surface area contributed by atoms with Gasteiger partial charge in [0.1, 0.15) is 0 Å². The van der Waals surface area contributed by atoms with Crippen LogP contribution in [0.25, 0.3) is 0 Å². The van der Waals surface area contributed by atoms with Gasteiger partial charge in [-0.1, -0.05) is 26.8 Å². The molecule has 0 aromatic heterocycles. The summed E-state index contributed by atoms with van der Waals surface area (Å²) in [5, 5.41) is 2.83. The van der Waals surface area contributed by atoms with Gasteiger partial charge >= 0.3 is 0 Å². The van der Waals surface area contributed by atoms with Crippen LogP contribution in [-0.2, 0) is 4.79 Å². The lowest BCUT2D eigenvalue weighted by atomic mass is 9.95. The van der Waals surface area contributed by atoms with Crippen LogP contribution in [0.5, 0.6) is 0 Å². The predicted molar refractivity (Wildman–Crippen MR) is 65.6 cm³/mol. The Hall–Kier alpha value is -1.95. The molecule has 0 radical (unpaired) electrons. The smallest absolute Gasteiger partial charge is 0.229 e. The number of carbonyl (C=O) groups excluding carboxylic acids is 1. The van der Waals surface area contributed by atoms with Crippen molar-refractivity contribution in [3.63, 3.8) is 0 Å². The van der Waals surface area contributed by atoms with E-state index in [-0.39, 0.29) is 5.91 Å². The van der Waals surface area contributed by atoms with E-state index in [2.05, 4.69) is 17.3 Å². The Labute approximate surface area is 96.0 Å². The number of rotatable bonds is 1. The summed E-state index contributed by atoms with van der Waals surface area (Å²) in [5.41, 5.74) is 6.25. The average Bonchev–Trinajstić information content (AvgIpc) is 2.17. The maximum Gasteiger partial charge on any atom is 0.229 e. The van der Waals surface area contributed by atoms with Gasteiger partial charge in [0.05, 0.1) is 0 Å². The molecule has 1 aromatic carbocycles. The molecule has 0 atom stereocenters. The number of carbonyl (C=O) groups is 1. The van der Waals surface area contributed by atoms with Crippen LogP contribution in [0, 0.1) is 17.4 Å². The molecule has 0 saturated heterocycles. The molecule has 0 heterocycles. The molecule has 3 heteroatoms. The van der Waals surface area contributed by atoms with Crippen LogP contribution in [0.2, 0.25) is 0 Å². The highest BCUT2D eigenvalue weighted by atomic mass is 16.2. The first-order valence-electron chi connectivity index (χ1n) is 5.06. The van der Waals surface area contributed by atoms with E-state index in [0.29, 0.717) is 0 Å². The second kappa shape index (κ2) is 4.71. The van der Waals surface area contributed by atoms with E-state index in [0.717, 1.165) is 11.3 Å². The summed E-state index contributed by atoms with van der Waals surface area (Å²) in [7, 11) is 0. The summed E-state index contributed by atoms with van der Waals surface area (Å²) in [6.07, 6.45) is 0. The molecular formula is C13H16N2O. The summed E-state index contributed by atoms with van der Waals surface area (Å²) in [4.78, 5) is 11.7. The Morgan fingerprint density at radius 2 is 2.06 bits per heavy atom. The lowest BCUT2D eigenvalue weighted by molar-refractivity contribution is -0.123. The lowest BCUT2D eigenvalue weighted by Gasteiger charge is -2.17. The monoisotopic (exact) mass is 216 g/mol. The minimum Gasteiger partial charge on any atom is -0.359 e. The lowest BCUT2D eigenvalue weighted by Crippen LogP contribution is -2.27. The van der Waals surface area contributed by atoms with Crippen molar-refractivity contribution >= 4 is 11.6 Å². The van der Waals surface area contributed by atoms with Gasteiger partial charge in [0, 0.05) is 22.7 Å². The quantitative estimate of drug-likeness (QED) is 0.556. The third kappa shape index (κ3) is 3.32. The Morgan fingerprint density at radius 3 is 2.62 bits per heavy atom. The molecule has 0 spiro atoms. The molecule has 1 aromatic rings. The maximum atomic E-state index is 11.7. The normalized spacial score (nSPS) is 10.2. The fourth-order valence-electron chi connectivity index (χ4n) is 1.08. The molecule has 0 unspecified atom stereocenters. The molecule has 0 aliphatic heterocycles. The van der Waals surface area contributed by atoms with Gasteiger partial charge in [0.25, 0.3) is 0 Å². The first kappa shape index (κ1) is 12.1. The standard InChI is InChI=1S/C13H16N2O/c1-13(2,3)12(16)15-11-6-4-5-10(9-11)7-8-14/h4-6,9H,14H2,1-3H3,(H,15,16). The molecule has 1 rings (SSSR count). The zero-order valence-corrected chi connectivity index (χ0v) is 9.79. The molecule has 0 aliphatic rings. The highest BCUT2D eigenvalue weighted by molar-refractivity contribution is 5.94. The van der Waals surface area contributed by atoms with Gasteiger partial charge < -0.3 is 11.1 Å². The summed E-state index contributed by atoms with van der Waals surface area (Å²) in [6, 6.07) is 9.62. The Morgan fingerprint density at radius 1 is 1.38 bits per heavy atom. The van der Waals surface area contributed by atoms with Gasteiger partial charge in [0.15, 0.2) is 0 Å². The topological polar surface area (TPSA) is 55.1 Å². The molecule has 1 amide bonds. The van der Waals surface area contributed by atoms with Gasteiger partial charge in [-0.25, -0.2) is 0 Å². The summed E-state index contributed by atoms with van der Waals surface area (Å²) in [5.74, 6) is 2.71. The second-order valence-corrected chi connectivity index (χ2v) is 4.55. The van der Waals surface area contributed by atoms with Crippen molar-refractivity contribution in [1.29, 1.82) is 0 Å². The predicted octanol–water partition coefficient (Wildman–Crippen LogP) is 1.94. The van der Waals surface area contributed by atoms with E-state index >= 15 is 0 Å². The molecule has 0 saturated carbocycles. The van der Waals surface area contributed by atoms with E-state index in [9.17, 15) is 4.79 Å². The molecule has 0 aliphatic carbocycles. The first-order valence-corrected chi connectivity index (χ1v) is 5.06. The second-order valence-electron chi connectivity index (χ2n) is 4.55. The van der Waals surface area contributed by atoms with Crippen LogP contribution in [-0.4, -0.2) is 5.91 Å². The number of amides is 1. The van der Waals surface area contributed by atoms with Gasteiger partial charge in [-0.15, -0.1) is 0 Å². The first-order chi connectivity index (χ1) is 7.43. The Balaban J connectivity index is 2.85. The van der Waals surface area contributed by atoms with E-state index in [1.807, 2.05) is 39.0 Å². The highest BCUT2D eigenvalue weighted by Gasteiger charge is 2.20. The molecule has 3 nitrogen and oxygen atoms in total. The number of anilines is 1. The number of nitrogens with one attached hydrogen (secondary N) is 1. The SMILES string of the molecule is CC(C)(C)C(=O)Nc1cccc(C#CN)c1. The van der Waals surface area contributed by atoms with Crippen LogP contribution in [0.1, 0.15) is 26.3 Å². The summed E-state index contributed by atoms with van der Waals surface area (Å²) in [6.45, 7) is 5.60. The number of hydrogen-bond acceptors (Lipinski definition) is 2.